The molecule has 0 spiro atoms. The molecule has 0 aromatic rings. The molecule has 0 aliphatic carbocycles. The summed E-state index contributed by atoms with van der Waals surface area (Å²) in [6.45, 7) is 0. The van der Waals surface area contributed by atoms with E-state index in [9.17, 15) is 28.8 Å². The Morgan fingerprint density at radius 2 is 0.375 bits per heavy atom. The van der Waals surface area contributed by atoms with Gasteiger partial charge in [0.15, 0.2) is 36.6 Å². The Labute approximate surface area is 235 Å². The van der Waals surface area contributed by atoms with E-state index in [1.807, 2.05) is 0 Å². The Morgan fingerprint density at radius 3 is 0.406 bits per heavy atom. The topological polar surface area (TPSA) is 345 Å². The minimum absolute atomic E-state index is 0. The average Bonchev–Trinajstić information content (AvgIpc) is 2.64. The standard InChI is InChI=1S/3C4H6O6.2Ho/c3*5-1(3(7)8)2(6)4(9)10;;/h3*1-2,5-6H,(H,7,8)(H,9,10);;. The third kappa shape index (κ3) is 18.7. The van der Waals surface area contributed by atoms with E-state index < -0.39 is 72.4 Å². The molecule has 2 radical (unpaired) electrons. The smallest absolute Gasteiger partial charge is 0.335 e. The Balaban J connectivity index is -0.000000110. The minimum Gasteiger partial charge on any atom is -0.479 e. The van der Waals surface area contributed by atoms with Crippen LogP contribution in [-0.2, 0) is 28.8 Å². The molecule has 0 saturated heterocycles. The second-order valence-corrected chi connectivity index (χ2v) is 4.70. The van der Waals surface area contributed by atoms with Crippen LogP contribution in [0.4, 0.5) is 0 Å². The first-order chi connectivity index (χ1) is 13.4. The molecule has 18 nitrogen and oxygen atoms in total. The Hall–Kier alpha value is -0.901. The van der Waals surface area contributed by atoms with Gasteiger partial charge < -0.3 is 61.3 Å². The second kappa shape index (κ2) is 20.7. The molecule has 20 heteroatoms. The molecule has 0 amide bonds. The van der Waals surface area contributed by atoms with Crippen LogP contribution in [0.5, 0.6) is 0 Å². The molecule has 6 unspecified atom stereocenters. The summed E-state index contributed by atoms with van der Waals surface area (Å²) in [7, 11) is 0. The summed E-state index contributed by atoms with van der Waals surface area (Å²) >= 11 is 0. The molecule has 0 bridgehead atoms. The minimum atomic E-state index is -2.27. The van der Waals surface area contributed by atoms with Crippen molar-refractivity contribution in [3.05, 3.63) is 0 Å². The fourth-order valence-corrected chi connectivity index (χ4v) is 0.810. The summed E-state index contributed by atoms with van der Waals surface area (Å²) in [4.78, 5) is 58.6. The number of aliphatic carboxylic acids is 6. The second-order valence-electron chi connectivity index (χ2n) is 4.70. The fraction of sp³-hybridized carbons (Fsp3) is 0.500. The van der Waals surface area contributed by atoms with E-state index >= 15 is 0 Å². The SMILES string of the molecule is O=C(O)C(O)C(O)C(=O)O.O=C(O)C(O)C(O)C(=O)O.O=C(O)C(O)C(O)C(=O)O.[Ho].[Ho]. The molecule has 0 aromatic heterocycles. The normalized spacial score (nSPS) is 14.8. The van der Waals surface area contributed by atoms with Gasteiger partial charge in [-0.25, -0.2) is 28.8 Å². The van der Waals surface area contributed by atoms with Gasteiger partial charge in [-0.2, -0.15) is 0 Å². The van der Waals surface area contributed by atoms with Crippen molar-refractivity contribution in [3.8, 4) is 0 Å². The molecule has 0 saturated carbocycles. The van der Waals surface area contributed by atoms with Gasteiger partial charge in [-0.15, -0.1) is 0 Å². The van der Waals surface area contributed by atoms with Gasteiger partial charge in [-0.05, 0) is 0 Å². The van der Waals surface area contributed by atoms with E-state index in [4.69, 9.17) is 61.3 Å². The van der Waals surface area contributed by atoms with Gasteiger partial charge in [0, 0.05) is 75.5 Å². The summed E-state index contributed by atoms with van der Waals surface area (Å²) in [5.74, 6) is -10.6. The van der Waals surface area contributed by atoms with Crippen molar-refractivity contribution in [2.75, 3.05) is 0 Å². The maximum absolute atomic E-state index is 9.77. The predicted molar refractivity (Wildman–Crippen MR) is 81.9 cm³/mol. The number of rotatable bonds is 9. The molecule has 12 N–H and O–H groups in total. The summed E-state index contributed by atoms with van der Waals surface area (Å²) < 4.78 is 0. The van der Waals surface area contributed by atoms with Gasteiger partial charge in [0.2, 0.25) is 0 Å². The first-order valence-corrected chi connectivity index (χ1v) is 6.85. The quantitative estimate of drug-likeness (QED) is 0.0968. The maximum atomic E-state index is 9.77. The van der Waals surface area contributed by atoms with Crippen molar-refractivity contribution in [1.29, 1.82) is 0 Å². The third-order valence-corrected chi connectivity index (χ3v) is 2.42. The van der Waals surface area contributed by atoms with Crippen LogP contribution in [0.2, 0.25) is 0 Å². The van der Waals surface area contributed by atoms with Crippen LogP contribution >= 0.6 is 0 Å². The van der Waals surface area contributed by atoms with Crippen molar-refractivity contribution in [1.82, 2.24) is 0 Å². The van der Waals surface area contributed by atoms with E-state index in [0.29, 0.717) is 0 Å². The molecule has 0 aliphatic heterocycles. The van der Waals surface area contributed by atoms with Gasteiger partial charge >= 0.3 is 35.8 Å². The zero-order valence-electron chi connectivity index (χ0n) is 14.9. The van der Waals surface area contributed by atoms with Gasteiger partial charge in [0.05, 0.1) is 0 Å². The average molecular weight is 780 g/mol. The third-order valence-electron chi connectivity index (χ3n) is 2.42. The number of hydrogen-bond acceptors (Lipinski definition) is 12. The zero-order chi connectivity index (χ0) is 24.9. The summed E-state index contributed by atoms with van der Waals surface area (Å²) in [5, 5.41) is 97.6. The molecular formula is C12H18Ho2O18. The fourth-order valence-electron chi connectivity index (χ4n) is 0.810. The van der Waals surface area contributed by atoms with Crippen LogP contribution in [0.3, 0.4) is 0 Å². The van der Waals surface area contributed by atoms with Gasteiger partial charge in [-0.3, -0.25) is 0 Å². The molecule has 0 rings (SSSR count). The van der Waals surface area contributed by atoms with Crippen molar-refractivity contribution in [3.63, 3.8) is 0 Å². The molecule has 32 heavy (non-hydrogen) atoms. The number of carboxylic acid groups (broad SMARTS) is 6. The first kappa shape index (κ1) is 41.4. The number of aliphatic hydroxyl groups excluding tert-OH is 6. The van der Waals surface area contributed by atoms with Crippen molar-refractivity contribution in [2.24, 2.45) is 0 Å². The molecule has 196 valence electrons. The molecule has 6 atom stereocenters. The van der Waals surface area contributed by atoms with Crippen molar-refractivity contribution in [2.45, 2.75) is 36.6 Å². The number of aliphatic hydroxyl groups is 6. The molecule has 0 aliphatic rings. The van der Waals surface area contributed by atoms with E-state index in [-0.39, 0.29) is 75.5 Å². The van der Waals surface area contributed by atoms with Gasteiger partial charge in [0.1, 0.15) is 0 Å². The molecular weight excluding hydrogens is 762 g/mol. The number of hydrogen-bond donors (Lipinski definition) is 12. The molecule has 0 aromatic carbocycles. The van der Waals surface area contributed by atoms with Crippen LogP contribution in [0.15, 0.2) is 0 Å². The van der Waals surface area contributed by atoms with E-state index in [1.54, 1.807) is 0 Å². The van der Waals surface area contributed by atoms with Crippen LogP contribution in [-0.4, -0.2) is 134 Å². The monoisotopic (exact) mass is 780 g/mol. The molecule has 0 fully saturated rings. The van der Waals surface area contributed by atoms with E-state index in [1.165, 1.54) is 0 Å². The largest absolute Gasteiger partial charge is 0.479 e. The first-order valence-electron chi connectivity index (χ1n) is 6.85. The van der Waals surface area contributed by atoms with Crippen LogP contribution in [0.1, 0.15) is 0 Å². The summed E-state index contributed by atoms with van der Waals surface area (Å²) in [6.07, 6.45) is -13.6. The van der Waals surface area contributed by atoms with E-state index in [0.717, 1.165) is 0 Å². The zero-order valence-corrected chi connectivity index (χ0v) is 18.8. The summed E-state index contributed by atoms with van der Waals surface area (Å²) in [5.41, 5.74) is 0. The van der Waals surface area contributed by atoms with Crippen LogP contribution in [0, 0.1) is 75.5 Å². The van der Waals surface area contributed by atoms with Gasteiger partial charge in [0.25, 0.3) is 0 Å². The molecule has 0 heterocycles. The Morgan fingerprint density at radius 1 is 0.312 bits per heavy atom. The van der Waals surface area contributed by atoms with Crippen molar-refractivity contribution >= 4 is 35.8 Å². The predicted octanol–water partition coefficient (Wildman–Crippen LogP) is -6.37. The Bertz CT molecular complexity index is 498. The Kier molecular flexibility index (Phi) is 26.7. The van der Waals surface area contributed by atoms with Crippen molar-refractivity contribution < 1.29 is 166 Å². The maximum Gasteiger partial charge on any atom is 0.335 e. The number of carboxylic acids is 6. The van der Waals surface area contributed by atoms with Crippen LogP contribution in [0.25, 0.3) is 0 Å². The van der Waals surface area contributed by atoms with Gasteiger partial charge in [-0.1, -0.05) is 0 Å². The summed E-state index contributed by atoms with van der Waals surface area (Å²) in [6, 6.07) is 0. The van der Waals surface area contributed by atoms with Crippen LogP contribution < -0.4 is 0 Å². The number of carbonyl (C=O) groups is 6. The van der Waals surface area contributed by atoms with E-state index in [2.05, 4.69) is 0 Å².